The maximum absolute atomic E-state index is 6.14. The number of hydrogen-bond donors (Lipinski definition) is 1. The molecule has 2 bridgehead atoms. The molecule has 0 amide bonds. The first-order valence-corrected chi connectivity index (χ1v) is 11.4. The molecule has 0 radical (unpaired) electrons. The van der Waals surface area contributed by atoms with E-state index in [9.17, 15) is 0 Å². The van der Waals surface area contributed by atoms with Crippen molar-refractivity contribution in [3.05, 3.63) is 18.3 Å². The molecule has 0 aliphatic carbocycles. The van der Waals surface area contributed by atoms with E-state index in [1.54, 1.807) is 6.20 Å². The Morgan fingerprint density at radius 3 is 2.69 bits per heavy atom. The van der Waals surface area contributed by atoms with Crippen LogP contribution in [0.25, 0.3) is 16.9 Å². The molecule has 3 aromatic heterocycles. The van der Waals surface area contributed by atoms with Gasteiger partial charge in [-0.05, 0) is 19.8 Å². The SMILES string of the molecule is C[C@@H]1COCCN1c1cc(N2CC3CCC(C2)O3)c2c(N(C)C)nn(-c3ccn[nH]3)c2n1. The van der Waals surface area contributed by atoms with Crippen LogP contribution in [0.1, 0.15) is 19.8 Å². The van der Waals surface area contributed by atoms with Gasteiger partial charge in [0, 0.05) is 45.9 Å². The molecule has 3 fully saturated rings. The molecule has 0 aromatic carbocycles. The summed E-state index contributed by atoms with van der Waals surface area (Å²) in [5.41, 5.74) is 2.02. The van der Waals surface area contributed by atoms with E-state index in [4.69, 9.17) is 19.6 Å². The van der Waals surface area contributed by atoms with Crippen molar-refractivity contribution in [1.29, 1.82) is 0 Å². The predicted molar refractivity (Wildman–Crippen MR) is 123 cm³/mol. The molecule has 6 rings (SSSR count). The number of rotatable bonds is 4. The molecular formula is C22H30N8O2. The van der Waals surface area contributed by atoms with Crippen molar-refractivity contribution in [3.8, 4) is 5.82 Å². The lowest BCUT2D eigenvalue weighted by molar-refractivity contribution is 0.0306. The zero-order valence-corrected chi connectivity index (χ0v) is 18.9. The highest BCUT2D eigenvalue weighted by molar-refractivity contribution is 6.01. The third-order valence-electron chi connectivity index (χ3n) is 6.77. The monoisotopic (exact) mass is 438 g/mol. The van der Waals surface area contributed by atoms with E-state index in [1.807, 2.05) is 24.8 Å². The van der Waals surface area contributed by atoms with Crippen LogP contribution >= 0.6 is 0 Å². The molecule has 6 heterocycles. The molecule has 3 saturated heterocycles. The van der Waals surface area contributed by atoms with Crippen LogP contribution in [-0.2, 0) is 9.47 Å². The number of pyridine rings is 1. The number of aromatic amines is 1. The Morgan fingerprint density at radius 2 is 2.00 bits per heavy atom. The number of H-pyrrole nitrogens is 1. The fourth-order valence-corrected chi connectivity index (χ4v) is 5.19. The minimum absolute atomic E-state index is 0.263. The van der Waals surface area contributed by atoms with Crippen molar-refractivity contribution in [2.24, 2.45) is 0 Å². The Morgan fingerprint density at radius 1 is 1.19 bits per heavy atom. The van der Waals surface area contributed by atoms with Crippen LogP contribution in [0.3, 0.4) is 0 Å². The number of hydrogen-bond acceptors (Lipinski definition) is 8. The Balaban J connectivity index is 1.57. The molecule has 32 heavy (non-hydrogen) atoms. The van der Waals surface area contributed by atoms with Gasteiger partial charge in [0.2, 0.25) is 0 Å². The maximum Gasteiger partial charge on any atom is 0.171 e. The third-order valence-corrected chi connectivity index (χ3v) is 6.77. The molecule has 0 spiro atoms. The highest BCUT2D eigenvalue weighted by Crippen LogP contribution is 2.40. The van der Waals surface area contributed by atoms with Gasteiger partial charge in [-0.1, -0.05) is 0 Å². The summed E-state index contributed by atoms with van der Waals surface area (Å²) in [7, 11) is 4.06. The van der Waals surface area contributed by atoms with Crippen LogP contribution in [0.4, 0.5) is 17.3 Å². The van der Waals surface area contributed by atoms with Gasteiger partial charge in [0.05, 0.1) is 48.7 Å². The van der Waals surface area contributed by atoms with Gasteiger partial charge in [-0.15, -0.1) is 5.10 Å². The minimum Gasteiger partial charge on any atom is -0.377 e. The largest absolute Gasteiger partial charge is 0.377 e. The van der Waals surface area contributed by atoms with Crippen molar-refractivity contribution >= 4 is 28.4 Å². The lowest BCUT2D eigenvalue weighted by Gasteiger charge is -2.37. The van der Waals surface area contributed by atoms with Crippen molar-refractivity contribution in [2.75, 3.05) is 61.6 Å². The van der Waals surface area contributed by atoms with Crippen LogP contribution in [0.2, 0.25) is 0 Å². The molecule has 1 N–H and O–H groups in total. The summed E-state index contributed by atoms with van der Waals surface area (Å²) in [4.78, 5) is 12.0. The average Bonchev–Trinajstić information content (AvgIpc) is 3.52. The summed E-state index contributed by atoms with van der Waals surface area (Å²) in [6.45, 7) is 6.23. The van der Waals surface area contributed by atoms with E-state index in [0.29, 0.717) is 25.4 Å². The minimum atomic E-state index is 0.263. The number of aromatic nitrogens is 5. The zero-order chi connectivity index (χ0) is 21.8. The number of ether oxygens (including phenoxy) is 2. The predicted octanol–water partition coefficient (Wildman–Crippen LogP) is 1.80. The van der Waals surface area contributed by atoms with Gasteiger partial charge in [0.1, 0.15) is 5.82 Å². The second kappa shape index (κ2) is 7.63. The molecule has 170 valence electrons. The van der Waals surface area contributed by atoms with Gasteiger partial charge in [0.15, 0.2) is 17.3 Å². The fraction of sp³-hybridized carbons (Fsp3) is 0.591. The standard InChI is InChI=1S/C22H30N8O2/c1-14-13-31-9-8-29(14)19-10-17(28-11-15-4-5-16(12-28)32-15)20-21(24-19)30(18-6-7-23-25-18)26-22(20)27(2)3/h6-7,10,14-16H,4-5,8-9,11-13H2,1-3H3,(H,23,25)/t14-,15?,16?/m1/s1. The zero-order valence-electron chi connectivity index (χ0n) is 18.9. The second-order valence-electron chi connectivity index (χ2n) is 9.25. The highest BCUT2D eigenvalue weighted by Gasteiger charge is 2.36. The normalized spacial score (nSPS) is 25.7. The Kier molecular flexibility index (Phi) is 4.72. The van der Waals surface area contributed by atoms with Gasteiger partial charge < -0.3 is 24.2 Å². The Bertz CT molecular complexity index is 1100. The first kappa shape index (κ1) is 19.8. The van der Waals surface area contributed by atoms with Gasteiger partial charge >= 0.3 is 0 Å². The van der Waals surface area contributed by atoms with Gasteiger partial charge in [-0.2, -0.15) is 9.78 Å². The molecule has 3 aliphatic heterocycles. The Hall–Kier alpha value is -2.85. The lowest BCUT2D eigenvalue weighted by atomic mass is 10.1. The summed E-state index contributed by atoms with van der Waals surface area (Å²) < 4.78 is 13.7. The van der Waals surface area contributed by atoms with Gasteiger partial charge in [-0.25, -0.2) is 4.98 Å². The van der Waals surface area contributed by atoms with Crippen molar-refractivity contribution in [3.63, 3.8) is 0 Å². The van der Waals surface area contributed by atoms with E-state index in [2.05, 4.69) is 37.9 Å². The lowest BCUT2D eigenvalue weighted by Crippen LogP contribution is -2.45. The number of nitrogens with one attached hydrogen (secondary N) is 1. The highest BCUT2D eigenvalue weighted by atomic mass is 16.5. The first-order valence-electron chi connectivity index (χ1n) is 11.4. The molecule has 10 heteroatoms. The van der Waals surface area contributed by atoms with Crippen LogP contribution in [0.15, 0.2) is 18.3 Å². The second-order valence-corrected chi connectivity index (χ2v) is 9.25. The maximum atomic E-state index is 6.14. The number of morpholine rings is 2. The van der Waals surface area contributed by atoms with Crippen LogP contribution < -0.4 is 14.7 Å². The van der Waals surface area contributed by atoms with Crippen LogP contribution in [-0.4, -0.2) is 90.2 Å². The van der Waals surface area contributed by atoms with Crippen molar-refractivity contribution < 1.29 is 9.47 Å². The van der Waals surface area contributed by atoms with Gasteiger partial charge in [-0.3, -0.25) is 5.10 Å². The molecule has 0 saturated carbocycles. The molecular weight excluding hydrogens is 408 g/mol. The third kappa shape index (κ3) is 3.20. The topological polar surface area (TPSA) is 87.6 Å². The summed E-state index contributed by atoms with van der Waals surface area (Å²) in [5, 5.41) is 13.2. The number of anilines is 3. The van der Waals surface area contributed by atoms with Crippen molar-refractivity contribution in [1.82, 2.24) is 25.0 Å². The van der Waals surface area contributed by atoms with E-state index >= 15 is 0 Å². The first-order chi connectivity index (χ1) is 15.6. The number of nitrogens with zero attached hydrogens (tertiary/aromatic N) is 7. The van der Waals surface area contributed by atoms with Gasteiger partial charge in [0.25, 0.3) is 0 Å². The molecule has 3 aliphatic rings. The van der Waals surface area contributed by atoms with E-state index in [-0.39, 0.29) is 6.04 Å². The van der Waals surface area contributed by atoms with Crippen LogP contribution in [0.5, 0.6) is 0 Å². The quantitative estimate of drug-likeness (QED) is 0.660. The summed E-state index contributed by atoms with van der Waals surface area (Å²) >= 11 is 0. The molecule has 3 aromatic rings. The van der Waals surface area contributed by atoms with Crippen LogP contribution in [0, 0.1) is 0 Å². The molecule has 2 unspecified atom stereocenters. The van der Waals surface area contributed by atoms with E-state index < -0.39 is 0 Å². The number of fused-ring (bicyclic) bond motifs is 3. The van der Waals surface area contributed by atoms with E-state index in [1.165, 1.54) is 5.69 Å². The fourth-order valence-electron chi connectivity index (χ4n) is 5.19. The summed E-state index contributed by atoms with van der Waals surface area (Å²) in [6.07, 6.45) is 4.61. The van der Waals surface area contributed by atoms with Crippen molar-refractivity contribution in [2.45, 2.75) is 38.0 Å². The molecule has 10 nitrogen and oxygen atoms in total. The summed E-state index contributed by atoms with van der Waals surface area (Å²) in [6, 6.07) is 4.44. The van der Waals surface area contributed by atoms with E-state index in [0.717, 1.165) is 61.0 Å². The Labute approximate surface area is 187 Å². The smallest absolute Gasteiger partial charge is 0.171 e. The summed E-state index contributed by atoms with van der Waals surface area (Å²) in [5.74, 6) is 2.67. The molecule has 3 atom stereocenters. The average molecular weight is 439 g/mol.